The van der Waals surface area contributed by atoms with Crippen LogP contribution in [0.25, 0.3) is 0 Å². The minimum atomic E-state index is -4.68. The van der Waals surface area contributed by atoms with Gasteiger partial charge in [0.05, 0.1) is 5.56 Å². The van der Waals surface area contributed by atoms with Crippen LogP contribution < -0.4 is 0 Å². The summed E-state index contributed by atoms with van der Waals surface area (Å²) >= 11 is 2.56. The van der Waals surface area contributed by atoms with Crippen molar-refractivity contribution >= 4 is 22.2 Å². The lowest BCUT2D eigenvalue weighted by Crippen LogP contribution is -2.10. The van der Waals surface area contributed by atoms with E-state index >= 15 is 0 Å². The summed E-state index contributed by atoms with van der Waals surface area (Å²) in [5.41, 5.74) is -1.88. The molecule has 0 saturated carbocycles. The van der Waals surface area contributed by atoms with Crippen LogP contribution in [0.1, 0.15) is 15.9 Å². The molecule has 0 unspecified atom stereocenters. The zero-order valence-corrected chi connectivity index (χ0v) is 8.12. The minimum Gasteiger partial charge on any atom is -0.298 e. The maximum Gasteiger partial charge on any atom is 0.418 e. The largest absolute Gasteiger partial charge is 0.418 e. The van der Waals surface area contributed by atoms with Crippen LogP contribution in [0.5, 0.6) is 0 Å². The average Bonchev–Trinajstić information content (AvgIpc) is 1.99. The van der Waals surface area contributed by atoms with Gasteiger partial charge in [-0.1, -0.05) is 15.9 Å². The van der Waals surface area contributed by atoms with Gasteiger partial charge in [-0.15, -0.1) is 0 Å². The van der Waals surface area contributed by atoms with Gasteiger partial charge in [0.15, 0.2) is 6.29 Å². The Morgan fingerprint density at radius 2 is 1.86 bits per heavy atom. The van der Waals surface area contributed by atoms with E-state index in [1.165, 1.54) is 0 Å². The molecule has 1 nitrogen and oxygen atoms in total. The zero-order valence-electron chi connectivity index (χ0n) is 6.53. The Hall–Kier alpha value is -0.910. The number of halogens is 5. The van der Waals surface area contributed by atoms with Crippen LogP contribution in [0.2, 0.25) is 0 Å². The topological polar surface area (TPSA) is 17.1 Å². The second kappa shape index (κ2) is 3.68. The van der Waals surface area contributed by atoms with Crippen molar-refractivity contribution in [1.29, 1.82) is 0 Å². The van der Waals surface area contributed by atoms with Crippen molar-refractivity contribution in [2.45, 2.75) is 6.18 Å². The normalized spacial score (nSPS) is 11.5. The molecule has 0 amide bonds. The number of hydrogen-bond donors (Lipinski definition) is 0. The van der Waals surface area contributed by atoms with Crippen LogP contribution in [-0.2, 0) is 6.18 Å². The van der Waals surface area contributed by atoms with Crippen LogP contribution >= 0.6 is 15.9 Å². The molecular formula is C8H3BrF4O. The number of hydrogen-bond acceptors (Lipinski definition) is 1. The monoisotopic (exact) mass is 270 g/mol. The van der Waals surface area contributed by atoms with E-state index < -0.39 is 27.6 Å². The predicted octanol–water partition coefficient (Wildman–Crippen LogP) is 3.42. The van der Waals surface area contributed by atoms with E-state index in [1.807, 2.05) is 0 Å². The van der Waals surface area contributed by atoms with Crippen LogP contribution in [0.3, 0.4) is 0 Å². The number of alkyl halides is 3. The van der Waals surface area contributed by atoms with Crippen molar-refractivity contribution < 1.29 is 22.4 Å². The van der Waals surface area contributed by atoms with Crippen LogP contribution in [0.15, 0.2) is 16.6 Å². The van der Waals surface area contributed by atoms with Crippen molar-refractivity contribution in [3.8, 4) is 0 Å². The average molecular weight is 271 g/mol. The summed E-state index contributed by atoms with van der Waals surface area (Å²) in [6, 6.07) is 1.20. The number of rotatable bonds is 1. The lowest BCUT2D eigenvalue weighted by atomic mass is 10.1. The highest BCUT2D eigenvalue weighted by Crippen LogP contribution is 2.37. The zero-order chi connectivity index (χ0) is 10.9. The first kappa shape index (κ1) is 11.2. The predicted molar refractivity (Wildman–Crippen MR) is 44.5 cm³/mol. The van der Waals surface area contributed by atoms with Crippen molar-refractivity contribution in [3.63, 3.8) is 0 Å². The molecule has 6 heteroatoms. The standard InChI is InChI=1S/C8H3BrF4O/c9-6-2-5(10)1-4(3-14)7(6)8(11,12)13/h1-3H. The number of carbonyl (C=O) groups excluding carboxylic acids is 1. The molecule has 0 fully saturated rings. The van der Waals surface area contributed by atoms with Gasteiger partial charge in [-0.3, -0.25) is 4.79 Å². The summed E-state index contributed by atoms with van der Waals surface area (Å²) in [5, 5.41) is 0. The van der Waals surface area contributed by atoms with E-state index in [0.717, 1.165) is 0 Å². The van der Waals surface area contributed by atoms with Gasteiger partial charge in [-0.05, 0) is 12.1 Å². The summed E-state index contributed by atoms with van der Waals surface area (Å²) in [4.78, 5) is 10.3. The molecule has 0 aliphatic carbocycles. The number of benzene rings is 1. The highest BCUT2D eigenvalue weighted by Gasteiger charge is 2.36. The van der Waals surface area contributed by atoms with Gasteiger partial charge in [0.1, 0.15) is 5.82 Å². The third-order valence-electron chi connectivity index (χ3n) is 1.50. The molecule has 14 heavy (non-hydrogen) atoms. The summed E-state index contributed by atoms with van der Waals surface area (Å²) in [5.74, 6) is -0.896. The summed E-state index contributed by atoms with van der Waals surface area (Å²) in [6.07, 6.45) is -4.71. The third-order valence-corrected chi connectivity index (χ3v) is 2.12. The fourth-order valence-corrected chi connectivity index (χ4v) is 1.66. The van der Waals surface area contributed by atoms with E-state index in [4.69, 9.17) is 0 Å². The van der Waals surface area contributed by atoms with Gasteiger partial charge in [0, 0.05) is 10.0 Å². The van der Waals surface area contributed by atoms with E-state index in [2.05, 4.69) is 15.9 Å². The molecule has 0 saturated heterocycles. The molecule has 0 radical (unpaired) electrons. The van der Waals surface area contributed by atoms with Crippen molar-refractivity contribution in [2.24, 2.45) is 0 Å². The first-order valence-corrected chi connectivity index (χ1v) is 4.17. The Morgan fingerprint density at radius 1 is 1.29 bits per heavy atom. The van der Waals surface area contributed by atoms with Gasteiger partial charge in [-0.2, -0.15) is 13.2 Å². The van der Waals surface area contributed by atoms with Gasteiger partial charge in [0.2, 0.25) is 0 Å². The Kier molecular flexibility index (Phi) is 2.94. The molecule has 1 rings (SSSR count). The SMILES string of the molecule is O=Cc1cc(F)cc(Br)c1C(F)(F)F. The number of carbonyl (C=O) groups is 1. The molecule has 0 bridgehead atoms. The molecule has 76 valence electrons. The molecule has 0 spiro atoms. The molecule has 0 aliphatic heterocycles. The fourth-order valence-electron chi connectivity index (χ4n) is 0.986. The Balaban J connectivity index is 3.48. The highest BCUT2D eigenvalue weighted by atomic mass is 79.9. The lowest BCUT2D eigenvalue weighted by molar-refractivity contribution is -0.138. The van der Waals surface area contributed by atoms with Gasteiger partial charge >= 0.3 is 6.18 Å². The van der Waals surface area contributed by atoms with E-state index in [9.17, 15) is 22.4 Å². The van der Waals surface area contributed by atoms with Crippen molar-refractivity contribution in [3.05, 3.63) is 33.5 Å². The molecule has 0 heterocycles. The lowest BCUT2D eigenvalue weighted by Gasteiger charge is -2.11. The van der Waals surface area contributed by atoms with Gasteiger partial charge < -0.3 is 0 Å². The second-order valence-corrected chi connectivity index (χ2v) is 3.32. The Bertz CT molecular complexity index is 372. The minimum absolute atomic E-state index is 0.0311. The second-order valence-electron chi connectivity index (χ2n) is 2.47. The van der Waals surface area contributed by atoms with Crippen molar-refractivity contribution in [1.82, 2.24) is 0 Å². The first-order valence-electron chi connectivity index (χ1n) is 3.37. The molecule has 1 aromatic carbocycles. The Labute approximate surface area is 84.9 Å². The maximum atomic E-state index is 12.6. The van der Waals surface area contributed by atoms with Crippen LogP contribution in [0.4, 0.5) is 17.6 Å². The summed E-state index contributed by atoms with van der Waals surface area (Å²) in [7, 11) is 0. The smallest absolute Gasteiger partial charge is 0.298 e. The molecule has 0 aromatic heterocycles. The summed E-state index contributed by atoms with van der Waals surface area (Å²) < 4.78 is 49.1. The molecule has 0 aliphatic rings. The molecular weight excluding hydrogens is 268 g/mol. The highest BCUT2D eigenvalue weighted by molar-refractivity contribution is 9.10. The van der Waals surface area contributed by atoms with E-state index in [-0.39, 0.29) is 6.29 Å². The van der Waals surface area contributed by atoms with Gasteiger partial charge in [-0.25, -0.2) is 4.39 Å². The maximum absolute atomic E-state index is 12.6. The first-order chi connectivity index (χ1) is 6.36. The molecule has 0 atom stereocenters. The molecule has 0 N–H and O–H groups in total. The molecule has 1 aromatic rings. The Morgan fingerprint density at radius 3 is 2.29 bits per heavy atom. The van der Waals surface area contributed by atoms with E-state index in [1.54, 1.807) is 0 Å². The fraction of sp³-hybridized carbons (Fsp3) is 0.125. The van der Waals surface area contributed by atoms with Crippen LogP contribution in [-0.4, -0.2) is 6.29 Å². The van der Waals surface area contributed by atoms with Gasteiger partial charge in [0.25, 0.3) is 0 Å². The van der Waals surface area contributed by atoms with Crippen LogP contribution in [0, 0.1) is 5.82 Å². The number of aldehydes is 1. The quantitative estimate of drug-likeness (QED) is 0.565. The third kappa shape index (κ3) is 2.12. The summed E-state index contributed by atoms with van der Waals surface area (Å²) in [6.45, 7) is 0. The van der Waals surface area contributed by atoms with E-state index in [0.29, 0.717) is 12.1 Å². The van der Waals surface area contributed by atoms with Crippen molar-refractivity contribution in [2.75, 3.05) is 0 Å².